The van der Waals surface area contributed by atoms with Gasteiger partial charge in [-0.2, -0.15) is 0 Å². The van der Waals surface area contributed by atoms with Crippen molar-refractivity contribution in [2.75, 3.05) is 0 Å². The molecule has 2 aromatic rings. The van der Waals surface area contributed by atoms with Crippen molar-refractivity contribution in [3.8, 4) is 0 Å². The Hall–Kier alpha value is -2.31. The third kappa shape index (κ3) is 2.71. The number of fused-ring (bicyclic) bond motifs is 2. The van der Waals surface area contributed by atoms with Crippen molar-refractivity contribution >= 4 is 5.91 Å². The van der Waals surface area contributed by atoms with Crippen LogP contribution in [0.5, 0.6) is 0 Å². The first-order valence-electron chi connectivity index (χ1n) is 7.98. The molecule has 23 heavy (non-hydrogen) atoms. The Morgan fingerprint density at radius 3 is 2.48 bits per heavy atom. The zero-order valence-electron chi connectivity index (χ0n) is 12.7. The molecule has 120 valence electrons. The third-order valence-electron chi connectivity index (χ3n) is 5.05. The summed E-state index contributed by atoms with van der Waals surface area (Å²) in [6, 6.07) is 7.33. The molecule has 2 fully saturated rings. The molecule has 7 heteroatoms. The quantitative estimate of drug-likeness (QED) is 0.865. The fourth-order valence-electron chi connectivity index (χ4n) is 4.06. The largest absolute Gasteiger partial charge is 0.335 e. The first-order chi connectivity index (χ1) is 11.2. The van der Waals surface area contributed by atoms with Crippen molar-refractivity contribution in [3.63, 3.8) is 0 Å². The van der Waals surface area contributed by atoms with E-state index in [1.54, 1.807) is 0 Å². The van der Waals surface area contributed by atoms with Gasteiger partial charge in [0.25, 0.3) is 0 Å². The maximum Gasteiger partial charge on any atom is 0.244 e. The average molecular weight is 315 g/mol. The molecule has 0 unspecified atom stereocenters. The average Bonchev–Trinajstić information content (AvgIpc) is 3.14. The highest BCUT2D eigenvalue weighted by Crippen LogP contribution is 2.43. The Balaban J connectivity index is 1.47. The van der Waals surface area contributed by atoms with E-state index in [0.717, 1.165) is 25.7 Å². The number of piperidine rings is 1. The minimum Gasteiger partial charge on any atom is -0.335 e. The van der Waals surface area contributed by atoms with Gasteiger partial charge in [-0.1, -0.05) is 12.1 Å². The number of carbonyl (C=O) groups excluding carboxylic acids is 1. The number of tetrazole rings is 1. The molecule has 1 amide bonds. The second-order valence-corrected chi connectivity index (χ2v) is 6.41. The third-order valence-corrected chi connectivity index (χ3v) is 5.05. The van der Waals surface area contributed by atoms with Gasteiger partial charge in [0.2, 0.25) is 5.91 Å². The van der Waals surface area contributed by atoms with Crippen LogP contribution >= 0.6 is 0 Å². The minimum absolute atomic E-state index is 0.0855. The number of hydrogen-bond acceptors (Lipinski definition) is 4. The highest BCUT2D eigenvalue weighted by molar-refractivity contribution is 5.77. The van der Waals surface area contributed by atoms with Crippen molar-refractivity contribution in [2.24, 2.45) is 0 Å². The Bertz CT molecular complexity index is 673. The van der Waals surface area contributed by atoms with Crippen LogP contribution in [0.2, 0.25) is 0 Å². The number of carbonyl (C=O) groups is 1. The minimum atomic E-state index is -0.203. The summed E-state index contributed by atoms with van der Waals surface area (Å²) in [6.07, 6.45) is 5.45. The molecule has 0 N–H and O–H groups in total. The number of halogens is 1. The Labute approximate surface area is 133 Å². The highest BCUT2D eigenvalue weighted by Gasteiger charge is 2.43. The van der Waals surface area contributed by atoms with E-state index in [-0.39, 0.29) is 30.4 Å². The zero-order chi connectivity index (χ0) is 15.8. The van der Waals surface area contributed by atoms with Crippen LogP contribution in [0.15, 0.2) is 30.6 Å². The lowest BCUT2D eigenvalue weighted by Gasteiger charge is -2.39. The summed E-state index contributed by atoms with van der Waals surface area (Å²) in [5, 5.41) is 10.9. The molecule has 2 saturated heterocycles. The summed E-state index contributed by atoms with van der Waals surface area (Å²) in [4.78, 5) is 14.6. The van der Waals surface area contributed by atoms with E-state index in [2.05, 4.69) is 15.5 Å². The molecule has 2 aliphatic rings. The number of aromatic nitrogens is 4. The van der Waals surface area contributed by atoms with Crippen LogP contribution in [0.3, 0.4) is 0 Å². The first kappa shape index (κ1) is 14.3. The summed E-state index contributed by atoms with van der Waals surface area (Å²) in [7, 11) is 0. The fraction of sp³-hybridized carbons (Fsp3) is 0.500. The van der Waals surface area contributed by atoms with E-state index in [0.29, 0.717) is 5.92 Å². The monoisotopic (exact) mass is 315 g/mol. The molecular weight excluding hydrogens is 297 g/mol. The van der Waals surface area contributed by atoms with E-state index >= 15 is 0 Å². The van der Waals surface area contributed by atoms with Crippen LogP contribution < -0.4 is 0 Å². The van der Waals surface area contributed by atoms with Crippen LogP contribution in [0.25, 0.3) is 0 Å². The lowest BCUT2D eigenvalue weighted by atomic mass is 9.85. The van der Waals surface area contributed by atoms with Crippen LogP contribution in [-0.4, -0.2) is 43.1 Å². The van der Waals surface area contributed by atoms with Crippen LogP contribution in [0.4, 0.5) is 4.39 Å². The molecule has 4 rings (SSSR count). The van der Waals surface area contributed by atoms with Crippen molar-refractivity contribution in [1.82, 2.24) is 25.1 Å². The predicted octanol–water partition coefficient (Wildman–Crippen LogP) is 1.75. The smallest absolute Gasteiger partial charge is 0.244 e. The molecule has 0 spiro atoms. The molecule has 1 aromatic carbocycles. The van der Waals surface area contributed by atoms with Gasteiger partial charge in [-0.25, -0.2) is 9.07 Å². The van der Waals surface area contributed by atoms with Gasteiger partial charge in [0.1, 0.15) is 18.7 Å². The van der Waals surface area contributed by atoms with Crippen LogP contribution in [-0.2, 0) is 11.3 Å². The predicted molar refractivity (Wildman–Crippen MR) is 79.8 cm³/mol. The number of nitrogens with zero attached hydrogens (tertiary/aromatic N) is 5. The van der Waals surface area contributed by atoms with E-state index in [4.69, 9.17) is 0 Å². The van der Waals surface area contributed by atoms with E-state index in [9.17, 15) is 9.18 Å². The molecule has 0 saturated carbocycles. The number of benzene rings is 1. The number of amides is 1. The molecular formula is C16H18FN5O. The Kier molecular flexibility index (Phi) is 3.55. The number of rotatable bonds is 3. The molecule has 1 aromatic heterocycles. The first-order valence-corrected chi connectivity index (χ1v) is 7.98. The zero-order valence-corrected chi connectivity index (χ0v) is 12.7. The van der Waals surface area contributed by atoms with Gasteiger partial charge in [0.15, 0.2) is 0 Å². The van der Waals surface area contributed by atoms with Crippen LogP contribution in [0, 0.1) is 5.82 Å². The molecule has 2 atom stereocenters. The van der Waals surface area contributed by atoms with Crippen molar-refractivity contribution in [1.29, 1.82) is 0 Å². The summed E-state index contributed by atoms with van der Waals surface area (Å²) in [6.45, 7) is 0.196. The lowest BCUT2D eigenvalue weighted by Crippen LogP contribution is -2.47. The summed E-state index contributed by atoms with van der Waals surface area (Å²) < 4.78 is 14.6. The lowest BCUT2D eigenvalue weighted by molar-refractivity contribution is -0.136. The van der Waals surface area contributed by atoms with Gasteiger partial charge in [-0.05, 0) is 59.7 Å². The maximum absolute atomic E-state index is 13.1. The maximum atomic E-state index is 13.1. The normalized spacial score (nSPS) is 26.5. The van der Waals surface area contributed by atoms with E-state index < -0.39 is 0 Å². The standard InChI is InChI=1S/C16H18FN5O/c17-13-3-1-11(2-4-13)12-7-14-5-6-15(8-12)22(14)16(23)9-21-10-18-19-20-21/h1-4,10,12,14-15H,5-9H2/t14-,15-/m0/s1. The van der Waals surface area contributed by atoms with Crippen molar-refractivity contribution in [3.05, 3.63) is 42.0 Å². The second kappa shape index (κ2) is 5.72. The SMILES string of the molecule is O=C(Cn1cnnn1)N1[C@H]2CC[C@H]1CC(c1ccc(F)cc1)C2. The molecule has 3 heterocycles. The Morgan fingerprint density at radius 2 is 1.87 bits per heavy atom. The fourth-order valence-corrected chi connectivity index (χ4v) is 4.06. The molecule has 6 nitrogen and oxygen atoms in total. The van der Waals surface area contributed by atoms with Crippen molar-refractivity contribution < 1.29 is 9.18 Å². The molecule has 2 aliphatic heterocycles. The topological polar surface area (TPSA) is 63.9 Å². The van der Waals surface area contributed by atoms with Gasteiger partial charge in [-0.3, -0.25) is 4.79 Å². The van der Waals surface area contributed by atoms with Gasteiger partial charge >= 0.3 is 0 Å². The van der Waals surface area contributed by atoms with Gasteiger partial charge in [0, 0.05) is 12.1 Å². The summed E-state index contributed by atoms with van der Waals surface area (Å²) in [5.74, 6) is 0.290. The summed E-state index contributed by atoms with van der Waals surface area (Å²) in [5.41, 5.74) is 1.18. The summed E-state index contributed by atoms with van der Waals surface area (Å²) >= 11 is 0. The van der Waals surface area contributed by atoms with E-state index in [1.165, 1.54) is 28.7 Å². The van der Waals surface area contributed by atoms with Crippen LogP contribution in [0.1, 0.15) is 37.2 Å². The van der Waals surface area contributed by atoms with Gasteiger partial charge in [0.05, 0.1) is 0 Å². The number of hydrogen-bond donors (Lipinski definition) is 0. The second-order valence-electron chi connectivity index (χ2n) is 6.41. The molecule has 0 radical (unpaired) electrons. The van der Waals surface area contributed by atoms with Crippen molar-refractivity contribution in [2.45, 2.75) is 50.2 Å². The highest BCUT2D eigenvalue weighted by atomic mass is 19.1. The Morgan fingerprint density at radius 1 is 1.17 bits per heavy atom. The van der Waals surface area contributed by atoms with Gasteiger partial charge < -0.3 is 4.90 Å². The van der Waals surface area contributed by atoms with Gasteiger partial charge in [-0.15, -0.1) is 5.10 Å². The molecule has 2 bridgehead atoms. The molecule has 0 aliphatic carbocycles. The van der Waals surface area contributed by atoms with E-state index in [1.807, 2.05) is 17.0 Å².